The third-order valence-corrected chi connectivity index (χ3v) is 3.64. The number of hydrogen-bond donors (Lipinski definition) is 1. The minimum Gasteiger partial charge on any atom is -0.436 e. The van der Waals surface area contributed by atoms with Gasteiger partial charge in [0.05, 0.1) is 0 Å². The third-order valence-electron chi connectivity index (χ3n) is 3.42. The molecule has 0 aliphatic carbocycles. The Hall–Kier alpha value is -2.00. The van der Waals surface area contributed by atoms with Gasteiger partial charge < -0.3 is 10.2 Å². The molecule has 2 aromatic carbocycles. The van der Waals surface area contributed by atoms with E-state index in [4.69, 9.17) is 21.8 Å². The van der Waals surface area contributed by atoms with Gasteiger partial charge in [-0.25, -0.2) is 4.98 Å². The molecule has 4 heteroatoms. The van der Waals surface area contributed by atoms with Crippen LogP contribution >= 0.6 is 11.6 Å². The van der Waals surface area contributed by atoms with Crippen molar-refractivity contribution in [2.45, 2.75) is 26.2 Å². The molecule has 1 aromatic heterocycles. The van der Waals surface area contributed by atoms with E-state index >= 15 is 0 Å². The molecule has 0 saturated heterocycles. The van der Waals surface area contributed by atoms with Crippen LogP contribution < -0.4 is 5.73 Å². The molecule has 1 heterocycles. The van der Waals surface area contributed by atoms with Gasteiger partial charge in [0, 0.05) is 16.3 Å². The molecule has 0 amide bonds. The lowest BCUT2D eigenvalue weighted by molar-refractivity contribution is 0.590. The molecule has 21 heavy (non-hydrogen) atoms. The quantitative estimate of drug-likeness (QED) is 0.641. The summed E-state index contributed by atoms with van der Waals surface area (Å²) in [6.45, 7) is 6.52. The topological polar surface area (TPSA) is 52.0 Å². The number of fused-ring (bicyclic) bond motifs is 1. The van der Waals surface area contributed by atoms with Crippen LogP contribution in [0.5, 0.6) is 0 Å². The Balaban J connectivity index is 2.13. The number of nitrogens with zero attached hydrogens (tertiary/aromatic N) is 1. The lowest BCUT2D eigenvalue weighted by atomic mass is 9.87. The highest BCUT2D eigenvalue weighted by atomic mass is 35.5. The molecular formula is C17H17ClN2O. The average Bonchev–Trinajstić information content (AvgIpc) is 2.79. The van der Waals surface area contributed by atoms with E-state index in [2.05, 4.69) is 37.9 Å². The molecule has 0 radical (unpaired) electrons. The highest BCUT2D eigenvalue weighted by Gasteiger charge is 2.16. The summed E-state index contributed by atoms with van der Waals surface area (Å²) in [6, 6.07) is 11.4. The second kappa shape index (κ2) is 4.78. The van der Waals surface area contributed by atoms with Crippen molar-refractivity contribution in [3.8, 4) is 11.5 Å². The maximum absolute atomic E-state index is 6.03. The highest BCUT2D eigenvalue weighted by Crippen LogP contribution is 2.31. The smallest absolute Gasteiger partial charge is 0.227 e. The Bertz CT molecular complexity index is 795. The number of nitrogens with two attached hydrogens (primary N) is 1. The van der Waals surface area contributed by atoms with Crippen LogP contribution in [0.3, 0.4) is 0 Å². The van der Waals surface area contributed by atoms with Crippen LogP contribution in [-0.4, -0.2) is 4.98 Å². The summed E-state index contributed by atoms with van der Waals surface area (Å²) in [4.78, 5) is 4.56. The zero-order valence-electron chi connectivity index (χ0n) is 12.3. The number of oxazole rings is 1. The van der Waals surface area contributed by atoms with Gasteiger partial charge in [-0.3, -0.25) is 0 Å². The van der Waals surface area contributed by atoms with Crippen molar-refractivity contribution in [2.24, 2.45) is 0 Å². The minimum atomic E-state index is 0.0772. The van der Waals surface area contributed by atoms with E-state index < -0.39 is 0 Å². The van der Waals surface area contributed by atoms with E-state index in [1.807, 2.05) is 6.07 Å². The Morgan fingerprint density at radius 1 is 1.10 bits per heavy atom. The van der Waals surface area contributed by atoms with E-state index in [1.165, 1.54) is 5.56 Å². The number of halogens is 1. The van der Waals surface area contributed by atoms with Crippen LogP contribution in [0.1, 0.15) is 26.3 Å². The van der Waals surface area contributed by atoms with Crippen molar-refractivity contribution in [1.82, 2.24) is 4.98 Å². The van der Waals surface area contributed by atoms with Crippen molar-refractivity contribution >= 4 is 28.4 Å². The lowest BCUT2D eigenvalue weighted by Gasteiger charge is -2.18. The molecule has 0 atom stereocenters. The van der Waals surface area contributed by atoms with E-state index in [1.54, 1.807) is 18.2 Å². The fourth-order valence-electron chi connectivity index (χ4n) is 2.25. The van der Waals surface area contributed by atoms with Gasteiger partial charge in [0.15, 0.2) is 5.58 Å². The molecule has 3 aromatic rings. The van der Waals surface area contributed by atoms with Gasteiger partial charge in [0.2, 0.25) is 5.89 Å². The van der Waals surface area contributed by atoms with Crippen LogP contribution in [0, 0.1) is 0 Å². The van der Waals surface area contributed by atoms with Gasteiger partial charge in [0.1, 0.15) is 5.52 Å². The summed E-state index contributed by atoms with van der Waals surface area (Å²) in [5.41, 5.74) is 10.1. The number of hydrogen-bond acceptors (Lipinski definition) is 3. The molecule has 0 fully saturated rings. The molecule has 0 spiro atoms. The molecule has 0 aliphatic heterocycles. The van der Waals surface area contributed by atoms with E-state index in [-0.39, 0.29) is 5.41 Å². The molecule has 0 bridgehead atoms. The number of aromatic nitrogens is 1. The zero-order valence-corrected chi connectivity index (χ0v) is 13.0. The Labute approximate surface area is 128 Å². The normalized spacial score (nSPS) is 12.0. The first-order chi connectivity index (χ1) is 9.83. The molecule has 3 nitrogen and oxygen atoms in total. The SMILES string of the molecule is CC(C)(C)c1ccc2oc(-c3cc(N)cc(Cl)c3)nc2c1. The van der Waals surface area contributed by atoms with Gasteiger partial charge in [-0.05, 0) is 41.3 Å². The first-order valence-corrected chi connectivity index (χ1v) is 7.18. The fourth-order valence-corrected chi connectivity index (χ4v) is 2.50. The summed E-state index contributed by atoms with van der Waals surface area (Å²) < 4.78 is 5.81. The van der Waals surface area contributed by atoms with Gasteiger partial charge in [-0.1, -0.05) is 38.4 Å². The van der Waals surface area contributed by atoms with Gasteiger partial charge in [0.25, 0.3) is 0 Å². The first kappa shape index (κ1) is 14.0. The third kappa shape index (κ3) is 2.74. The number of rotatable bonds is 1. The first-order valence-electron chi connectivity index (χ1n) is 6.80. The largest absolute Gasteiger partial charge is 0.436 e. The van der Waals surface area contributed by atoms with Crippen molar-refractivity contribution < 1.29 is 4.42 Å². The minimum absolute atomic E-state index is 0.0772. The maximum Gasteiger partial charge on any atom is 0.227 e. The lowest BCUT2D eigenvalue weighted by Crippen LogP contribution is -2.10. The number of benzene rings is 2. The molecule has 108 valence electrons. The van der Waals surface area contributed by atoms with E-state index in [0.717, 1.165) is 16.7 Å². The van der Waals surface area contributed by atoms with Gasteiger partial charge >= 0.3 is 0 Å². The fraction of sp³-hybridized carbons (Fsp3) is 0.235. The molecule has 3 rings (SSSR count). The summed E-state index contributed by atoms with van der Waals surface area (Å²) in [5, 5.41) is 0.572. The Kier molecular flexibility index (Phi) is 3.18. The summed E-state index contributed by atoms with van der Waals surface area (Å²) in [7, 11) is 0. The van der Waals surface area contributed by atoms with Gasteiger partial charge in [-0.15, -0.1) is 0 Å². The molecule has 2 N–H and O–H groups in total. The second-order valence-corrected chi connectivity index (χ2v) is 6.66. The van der Waals surface area contributed by atoms with Crippen LogP contribution in [0.4, 0.5) is 5.69 Å². The Morgan fingerprint density at radius 2 is 1.86 bits per heavy atom. The monoisotopic (exact) mass is 300 g/mol. The molecular weight excluding hydrogens is 284 g/mol. The molecule has 0 aliphatic rings. The van der Waals surface area contributed by atoms with Crippen LogP contribution in [0.15, 0.2) is 40.8 Å². The summed E-state index contributed by atoms with van der Waals surface area (Å²) in [6.07, 6.45) is 0. The van der Waals surface area contributed by atoms with Crippen molar-refractivity contribution in [3.05, 3.63) is 47.0 Å². The summed E-state index contributed by atoms with van der Waals surface area (Å²) in [5.74, 6) is 0.533. The van der Waals surface area contributed by atoms with E-state index in [9.17, 15) is 0 Å². The van der Waals surface area contributed by atoms with Crippen molar-refractivity contribution in [2.75, 3.05) is 5.73 Å². The number of anilines is 1. The summed E-state index contributed by atoms with van der Waals surface area (Å²) >= 11 is 6.03. The van der Waals surface area contributed by atoms with Crippen LogP contribution in [-0.2, 0) is 5.41 Å². The van der Waals surface area contributed by atoms with Crippen molar-refractivity contribution in [1.29, 1.82) is 0 Å². The molecule has 0 saturated carbocycles. The predicted octanol–water partition coefficient (Wildman–Crippen LogP) is 5.03. The average molecular weight is 301 g/mol. The van der Waals surface area contributed by atoms with Gasteiger partial charge in [-0.2, -0.15) is 0 Å². The Morgan fingerprint density at radius 3 is 2.52 bits per heavy atom. The zero-order chi connectivity index (χ0) is 15.2. The predicted molar refractivity (Wildman–Crippen MR) is 87.6 cm³/mol. The molecule has 0 unspecified atom stereocenters. The second-order valence-electron chi connectivity index (χ2n) is 6.22. The van der Waals surface area contributed by atoms with Crippen molar-refractivity contribution in [3.63, 3.8) is 0 Å². The standard InChI is InChI=1S/C17H17ClN2O/c1-17(2,3)11-4-5-15-14(8-11)20-16(21-15)10-6-12(18)9-13(19)7-10/h4-9H,19H2,1-3H3. The maximum atomic E-state index is 6.03. The van der Waals surface area contributed by atoms with E-state index in [0.29, 0.717) is 16.6 Å². The van der Waals surface area contributed by atoms with Crippen LogP contribution in [0.25, 0.3) is 22.6 Å². The highest BCUT2D eigenvalue weighted by molar-refractivity contribution is 6.31. The number of nitrogen functional groups attached to an aromatic ring is 1. The van der Waals surface area contributed by atoms with Crippen LogP contribution in [0.2, 0.25) is 5.02 Å².